The minimum absolute atomic E-state index is 0. The van der Waals surface area contributed by atoms with Gasteiger partial charge in [0.15, 0.2) is 23.9 Å². The summed E-state index contributed by atoms with van der Waals surface area (Å²) in [6, 6.07) is 23.6. The number of aryl methyl sites for hydroxylation is 1. The highest BCUT2D eigenvalue weighted by atomic mass is 79.9. The zero-order valence-electron chi connectivity index (χ0n) is 18.6. The van der Waals surface area contributed by atoms with Crippen LogP contribution in [-0.2, 0) is 19.4 Å². The van der Waals surface area contributed by atoms with E-state index in [2.05, 4.69) is 41.2 Å². The topological polar surface area (TPSA) is 55.4 Å². The number of halogens is 1. The number of nitrogens with zero attached hydrogens (tertiary/aromatic N) is 2. The molecule has 0 aromatic heterocycles. The van der Waals surface area contributed by atoms with Crippen molar-refractivity contribution >= 4 is 11.4 Å². The molecule has 0 spiro atoms. The molecule has 0 saturated heterocycles. The number of hydrogen-bond acceptors (Lipinski definition) is 3. The third-order valence-corrected chi connectivity index (χ3v) is 6.32. The van der Waals surface area contributed by atoms with Crippen LogP contribution in [0.1, 0.15) is 34.6 Å². The summed E-state index contributed by atoms with van der Waals surface area (Å²) in [5.74, 6) is 0.513. The number of ether oxygens (including phenoxy) is 1. The van der Waals surface area contributed by atoms with Gasteiger partial charge in [-0.2, -0.15) is 4.58 Å². The van der Waals surface area contributed by atoms with Gasteiger partial charge in [0.2, 0.25) is 0 Å². The highest BCUT2D eigenvalue weighted by Crippen LogP contribution is 2.35. The molecule has 2 aliphatic rings. The lowest BCUT2D eigenvalue weighted by molar-refractivity contribution is -0.386. The third kappa shape index (κ3) is 5.02. The van der Waals surface area contributed by atoms with Crippen molar-refractivity contribution in [1.29, 1.82) is 0 Å². The molecule has 5 rings (SSSR count). The molecular weight excluding hydrogens is 492 g/mol. The van der Waals surface area contributed by atoms with E-state index in [1.54, 1.807) is 6.07 Å². The predicted octanol–water partition coefficient (Wildman–Crippen LogP) is 2.94. The van der Waals surface area contributed by atoms with Crippen LogP contribution < -0.4 is 21.7 Å². The molecular formula is C28H25BrN2O3. The van der Waals surface area contributed by atoms with E-state index in [9.17, 15) is 10.1 Å². The van der Waals surface area contributed by atoms with E-state index in [-0.39, 0.29) is 40.1 Å². The van der Waals surface area contributed by atoms with Crippen LogP contribution in [-0.4, -0.2) is 15.2 Å². The Bertz CT molecular complexity index is 1270. The van der Waals surface area contributed by atoms with Gasteiger partial charge in [-0.05, 0) is 41.2 Å². The van der Waals surface area contributed by atoms with Gasteiger partial charge in [0.25, 0.3) is 0 Å². The molecule has 0 bridgehead atoms. The van der Waals surface area contributed by atoms with Gasteiger partial charge in [-0.25, -0.2) is 0 Å². The van der Waals surface area contributed by atoms with Crippen LogP contribution in [0, 0.1) is 10.1 Å². The molecule has 1 atom stereocenters. The standard InChI is InChI=1S/C28H25N2O3.BrH/c31-30(32)27-14-12-22(19-28(27)33-20-21-8-2-1-3-9-21)18-25-24-11-5-4-10-23(24)13-15-26(25)29-16-6-7-17-29;/h1-12,14,16-17,19,25H,13,15,18,20H2;1H/q+1;/p-1. The van der Waals surface area contributed by atoms with Crippen molar-refractivity contribution in [3.8, 4) is 5.75 Å². The average molecular weight is 517 g/mol. The van der Waals surface area contributed by atoms with Gasteiger partial charge in [-0.15, -0.1) is 0 Å². The van der Waals surface area contributed by atoms with E-state index in [0.29, 0.717) is 5.75 Å². The molecule has 34 heavy (non-hydrogen) atoms. The fraction of sp³-hybridized carbons (Fsp3) is 0.179. The van der Waals surface area contributed by atoms with Gasteiger partial charge < -0.3 is 21.7 Å². The Morgan fingerprint density at radius 3 is 2.41 bits per heavy atom. The van der Waals surface area contributed by atoms with Crippen LogP contribution in [0.15, 0.2) is 97.3 Å². The number of nitro benzene ring substituents is 1. The predicted molar refractivity (Wildman–Crippen MR) is 129 cm³/mol. The van der Waals surface area contributed by atoms with E-state index in [0.717, 1.165) is 30.4 Å². The number of rotatable bonds is 6. The van der Waals surface area contributed by atoms with Gasteiger partial charge >= 0.3 is 5.69 Å². The van der Waals surface area contributed by atoms with Crippen molar-refractivity contribution < 1.29 is 31.2 Å². The lowest BCUT2D eigenvalue weighted by Crippen LogP contribution is -3.00. The zero-order valence-corrected chi connectivity index (χ0v) is 20.2. The smallest absolute Gasteiger partial charge is 0.310 e. The molecule has 1 aliphatic heterocycles. The second kappa shape index (κ2) is 10.6. The first-order valence-electron chi connectivity index (χ1n) is 11.2. The van der Waals surface area contributed by atoms with Crippen molar-refractivity contribution in [3.63, 3.8) is 0 Å². The summed E-state index contributed by atoms with van der Waals surface area (Å²) in [6.07, 6.45) is 11.1. The molecule has 0 saturated carbocycles. The number of benzene rings is 3. The molecule has 0 amide bonds. The molecule has 3 aromatic rings. The normalized spacial score (nSPS) is 16.2. The lowest BCUT2D eigenvalue weighted by atomic mass is 9.78. The number of allylic oxidation sites excluding steroid dienone is 2. The molecule has 6 heteroatoms. The maximum atomic E-state index is 11.6. The summed E-state index contributed by atoms with van der Waals surface area (Å²) in [6.45, 7) is 0.290. The minimum Gasteiger partial charge on any atom is -1.00 e. The number of fused-ring (bicyclic) bond motifs is 1. The van der Waals surface area contributed by atoms with Crippen LogP contribution in [0.4, 0.5) is 5.69 Å². The maximum absolute atomic E-state index is 11.6. The third-order valence-electron chi connectivity index (χ3n) is 6.32. The fourth-order valence-corrected chi connectivity index (χ4v) is 4.70. The SMILES string of the molecule is O=[N+]([O-])c1ccc(CC2C(=[N+]3C=CC=C3)CCc3ccccc32)cc1OCc1ccccc1.[Br-]. The molecule has 1 aliphatic carbocycles. The van der Waals surface area contributed by atoms with Gasteiger partial charge in [0.05, 0.1) is 10.8 Å². The van der Waals surface area contributed by atoms with E-state index in [1.807, 2.05) is 54.6 Å². The van der Waals surface area contributed by atoms with Gasteiger partial charge in [-0.3, -0.25) is 10.1 Å². The average Bonchev–Trinajstić information content (AvgIpc) is 3.38. The highest BCUT2D eigenvalue weighted by molar-refractivity contribution is 5.90. The second-order valence-electron chi connectivity index (χ2n) is 8.37. The molecule has 3 aromatic carbocycles. The van der Waals surface area contributed by atoms with Crippen molar-refractivity contribution in [2.45, 2.75) is 31.8 Å². The largest absolute Gasteiger partial charge is 1.00 e. The molecule has 0 N–H and O–H groups in total. The summed E-state index contributed by atoms with van der Waals surface area (Å²) in [5, 5.41) is 11.6. The Kier molecular flexibility index (Phi) is 7.38. The van der Waals surface area contributed by atoms with Crippen LogP contribution in [0.5, 0.6) is 5.75 Å². The first kappa shape index (κ1) is 23.6. The highest BCUT2D eigenvalue weighted by Gasteiger charge is 2.32. The first-order valence-corrected chi connectivity index (χ1v) is 11.2. The van der Waals surface area contributed by atoms with Crippen LogP contribution >= 0.6 is 0 Å². The summed E-state index contributed by atoms with van der Waals surface area (Å²) in [5.41, 5.74) is 6.05. The van der Waals surface area contributed by atoms with Gasteiger partial charge in [0, 0.05) is 24.6 Å². The van der Waals surface area contributed by atoms with Crippen molar-refractivity contribution in [2.75, 3.05) is 0 Å². The molecule has 1 heterocycles. The van der Waals surface area contributed by atoms with Crippen LogP contribution in [0.25, 0.3) is 0 Å². The second-order valence-corrected chi connectivity index (χ2v) is 8.37. The number of hydrogen-bond donors (Lipinski definition) is 0. The van der Waals surface area contributed by atoms with Crippen LogP contribution in [0.2, 0.25) is 0 Å². The molecule has 1 unspecified atom stereocenters. The van der Waals surface area contributed by atoms with Gasteiger partial charge in [0.1, 0.15) is 6.61 Å². The Morgan fingerprint density at radius 1 is 0.912 bits per heavy atom. The van der Waals surface area contributed by atoms with Crippen LogP contribution in [0.3, 0.4) is 0 Å². The Balaban J connectivity index is 0.00000274. The summed E-state index contributed by atoms with van der Waals surface area (Å²) in [7, 11) is 0. The minimum atomic E-state index is -0.378. The van der Waals surface area contributed by atoms with Crippen molar-refractivity contribution in [1.82, 2.24) is 0 Å². The summed E-state index contributed by atoms with van der Waals surface area (Å²) >= 11 is 0. The van der Waals surface area contributed by atoms with Gasteiger partial charge in [-0.1, -0.05) is 60.7 Å². The molecule has 5 nitrogen and oxygen atoms in total. The van der Waals surface area contributed by atoms with E-state index in [1.165, 1.54) is 16.8 Å². The summed E-state index contributed by atoms with van der Waals surface area (Å²) < 4.78 is 8.15. The number of nitro groups is 1. The van der Waals surface area contributed by atoms with Crippen molar-refractivity contribution in [2.24, 2.45) is 0 Å². The van der Waals surface area contributed by atoms with E-state index < -0.39 is 0 Å². The Hall–Kier alpha value is -3.51. The first-order chi connectivity index (χ1) is 16.2. The monoisotopic (exact) mass is 516 g/mol. The maximum Gasteiger partial charge on any atom is 0.310 e. The summed E-state index contributed by atoms with van der Waals surface area (Å²) in [4.78, 5) is 11.2. The van der Waals surface area contributed by atoms with E-state index in [4.69, 9.17) is 4.74 Å². The lowest BCUT2D eigenvalue weighted by Gasteiger charge is -2.25. The molecule has 0 radical (unpaired) electrons. The van der Waals surface area contributed by atoms with E-state index >= 15 is 0 Å². The molecule has 0 fully saturated rings. The molecule has 172 valence electrons. The quantitative estimate of drug-likeness (QED) is 0.287. The van der Waals surface area contributed by atoms with Crippen molar-refractivity contribution in [3.05, 3.63) is 130 Å². The Labute approximate surface area is 209 Å². The zero-order chi connectivity index (χ0) is 22.6. The Morgan fingerprint density at radius 2 is 1.65 bits per heavy atom. The fourth-order valence-electron chi connectivity index (χ4n) is 4.70.